The lowest BCUT2D eigenvalue weighted by Gasteiger charge is -2.15. The van der Waals surface area contributed by atoms with E-state index >= 15 is 0 Å². The van der Waals surface area contributed by atoms with Crippen molar-refractivity contribution in [3.05, 3.63) is 40.9 Å². The maximum absolute atomic E-state index is 12.1. The minimum Gasteiger partial charge on any atom is -0.336 e. The van der Waals surface area contributed by atoms with E-state index in [1.54, 1.807) is 42.1 Å². The molecular formula is C14H18ClN5O. The van der Waals surface area contributed by atoms with E-state index in [1.807, 2.05) is 17.8 Å². The fourth-order valence-corrected chi connectivity index (χ4v) is 2.08. The first kappa shape index (κ1) is 15.3. The van der Waals surface area contributed by atoms with Crippen LogP contribution in [0.15, 0.2) is 24.7 Å². The standard InChI is InChI=1S/C14H18ClN5O/c1-4-20-9-11(7-17-20)5-6-14(21)18(2)10-13-12(15)8-16-19(13)3/h5-9H,4,10H2,1-3H3/b6-5+. The molecule has 0 aliphatic rings. The van der Waals surface area contributed by atoms with Gasteiger partial charge in [-0.05, 0) is 13.0 Å². The summed E-state index contributed by atoms with van der Waals surface area (Å²) < 4.78 is 3.48. The van der Waals surface area contributed by atoms with Crippen LogP contribution in [0.4, 0.5) is 0 Å². The molecule has 112 valence electrons. The minimum atomic E-state index is -0.100. The van der Waals surface area contributed by atoms with Gasteiger partial charge in [0.2, 0.25) is 5.91 Å². The van der Waals surface area contributed by atoms with Crippen LogP contribution in [-0.4, -0.2) is 37.4 Å². The third kappa shape index (κ3) is 3.72. The second kappa shape index (κ2) is 6.58. The maximum Gasteiger partial charge on any atom is 0.246 e. The fourth-order valence-electron chi connectivity index (χ4n) is 1.85. The fraction of sp³-hybridized carbons (Fsp3) is 0.357. The van der Waals surface area contributed by atoms with Crippen molar-refractivity contribution < 1.29 is 4.79 Å². The van der Waals surface area contributed by atoms with Gasteiger partial charge in [-0.3, -0.25) is 14.2 Å². The third-order valence-corrected chi connectivity index (χ3v) is 3.49. The lowest BCUT2D eigenvalue weighted by Crippen LogP contribution is -2.25. The van der Waals surface area contributed by atoms with Gasteiger partial charge in [0, 0.05) is 38.5 Å². The predicted octanol–water partition coefficient (Wildman–Crippen LogP) is 1.96. The van der Waals surface area contributed by atoms with Gasteiger partial charge >= 0.3 is 0 Å². The number of aryl methyl sites for hydroxylation is 2. The van der Waals surface area contributed by atoms with Gasteiger partial charge in [-0.25, -0.2) is 0 Å². The molecule has 2 heterocycles. The van der Waals surface area contributed by atoms with Crippen LogP contribution >= 0.6 is 11.6 Å². The first-order valence-electron chi connectivity index (χ1n) is 6.63. The maximum atomic E-state index is 12.1. The van der Waals surface area contributed by atoms with E-state index in [0.29, 0.717) is 11.6 Å². The topological polar surface area (TPSA) is 56.0 Å². The molecule has 6 nitrogen and oxygen atoms in total. The third-order valence-electron chi connectivity index (χ3n) is 3.17. The monoisotopic (exact) mass is 307 g/mol. The SMILES string of the molecule is CCn1cc(/C=C/C(=O)N(C)Cc2c(Cl)cnn2C)cn1. The molecule has 0 fully saturated rings. The van der Waals surface area contributed by atoms with Crippen molar-refractivity contribution >= 4 is 23.6 Å². The summed E-state index contributed by atoms with van der Waals surface area (Å²) in [6.45, 7) is 3.23. The van der Waals surface area contributed by atoms with Crippen LogP contribution < -0.4 is 0 Å². The number of halogens is 1. The summed E-state index contributed by atoms with van der Waals surface area (Å²) in [5.74, 6) is -0.100. The van der Waals surface area contributed by atoms with E-state index in [0.717, 1.165) is 17.8 Å². The van der Waals surface area contributed by atoms with Crippen molar-refractivity contribution in [2.45, 2.75) is 20.0 Å². The molecule has 0 N–H and O–H groups in total. The Bertz CT molecular complexity index is 639. The van der Waals surface area contributed by atoms with Crippen LogP contribution in [0.3, 0.4) is 0 Å². The first-order valence-corrected chi connectivity index (χ1v) is 7.01. The van der Waals surface area contributed by atoms with Gasteiger partial charge in [0.15, 0.2) is 0 Å². The van der Waals surface area contributed by atoms with E-state index < -0.39 is 0 Å². The number of likely N-dealkylation sites (N-methyl/N-ethyl adjacent to an activating group) is 1. The zero-order chi connectivity index (χ0) is 15.4. The van der Waals surface area contributed by atoms with Crippen LogP contribution in [0, 0.1) is 0 Å². The van der Waals surface area contributed by atoms with E-state index in [9.17, 15) is 4.79 Å². The molecule has 2 rings (SSSR count). The van der Waals surface area contributed by atoms with Gasteiger partial charge in [0.05, 0.1) is 29.7 Å². The van der Waals surface area contributed by atoms with Crippen LogP contribution in [0.2, 0.25) is 5.02 Å². The summed E-state index contributed by atoms with van der Waals surface area (Å²) in [6, 6.07) is 0. The van der Waals surface area contributed by atoms with Gasteiger partial charge in [-0.15, -0.1) is 0 Å². The van der Waals surface area contributed by atoms with Crippen LogP contribution in [0.5, 0.6) is 0 Å². The molecule has 0 saturated heterocycles. The second-order valence-corrected chi connectivity index (χ2v) is 5.13. The highest BCUT2D eigenvalue weighted by atomic mass is 35.5. The van der Waals surface area contributed by atoms with Crippen molar-refractivity contribution in [1.29, 1.82) is 0 Å². The summed E-state index contributed by atoms with van der Waals surface area (Å²) >= 11 is 6.04. The van der Waals surface area contributed by atoms with Crippen molar-refractivity contribution in [3.63, 3.8) is 0 Å². The molecule has 0 bridgehead atoms. The number of hydrogen-bond donors (Lipinski definition) is 0. The highest BCUT2D eigenvalue weighted by Gasteiger charge is 2.12. The van der Waals surface area contributed by atoms with Crippen molar-refractivity contribution in [1.82, 2.24) is 24.5 Å². The molecular weight excluding hydrogens is 290 g/mol. The Hall–Kier alpha value is -2.08. The zero-order valence-electron chi connectivity index (χ0n) is 12.3. The molecule has 0 unspecified atom stereocenters. The predicted molar refractivity (Wildman–Crippen MR) is 81.6 cm³/mol. The Balaban J connectivity index is 1.99. The average Bonchev–Trinajstić information content (AvgIpc) is 3.06. The van der Waals surface area contributed by atoms with E-state index in [1.165, 1.54) is 6.08 Å². The molecule has 0 aliphatic heterocycles. The van der Waals surface area contributed by atoms with Gasteiger partial charge in [0.25, 0.3) is 0 Å². The van der Waals surface area contributed by atoms with Gasteiger partial charge in [-0.1, -0.05) is 11.6 Å². The highest BCUT2D eigenvalue weighted by Crippen LogP contribution is 2.15. The van der Waals surface area contributed by atoms with Crippen LogP contribution in [-0.2, 0) is 24.9 Å². The van der Waals surface area contributed by atoms with Crippen molar-refractivity contribution in [3.8, 4) is 0 Å². The molecule has 7 heteroatoms. The summed E-state index contributed by atoms with van der Waals surface area (Å²) in [6.07, 6.45) is 8.47. The zero-order valence-corrected chi connectivity index (χ0v) is 13.1. The number of nitrogens with zero attached hydrogens (tertiary/aromatic N) is 5. The van der Waals surface area contributed by atoms with E-state index in [4.69, 9.17) is 11.6 Å². The second-order valence-electron chi connectivity index (χ2n) is 4.72. The lowest BCUT2D eigenvalue weighted by atomic mass is 10.3. The van der Waals surface area contributed by atoms with Gasteiger partial charge in [-0.2, -0.15) is 10.2 Å². The van der Waals surface area contributed by atoms with Crippen molar-refractivity contribution in [2.24, 2.45) is 7.05 Å². The van der Waals surface area contributed by atoms with E-state index in [-0.39, 0.29) is 5.91 Å². The minimum absolute atomic E-state index is 0.100. The number of carbonyl (C=O) groups excluding carboxylic acids is 1. The Labute approximate surface area is 128 Å². The number of rotatable bonds is 5. The molecule has 0 spiro atoms. The molecule has 2 aromatic heterocycles. The molecule has 0 aliphatic carbocycles. The Morgan fingerprint density at radius 2 is 2.19 bits per heavy atom. The molecule has 0 atom stereocenters. The summed E-state index contributed by atoms with van der Waals surface area (Å²) in [5, 5.41) is 8.77. The van der Waals surface area contributed by atoms with E-state index in [2.05, 4.69) is 10.2 Å². The van der Waals surface area contributed by atoms with Crippen LogP contribution in [0.1, 0.15) is 18.2 Å². The summed E-state index contributed by atoms with van der Waals surface area (Å²) in [7, 11) is 3.53. The molecule has 0 radical (unpaired) electrons. The average molecular weight is 308 g/mol. The lowest BCUT2D eigenvalue weighted by molar-refractivity contribution is -0.125. The van der Waals surface area contributed by atoms with Gasteiger partial charge < -0.3 is 4.90 Å². The van der Waals surface area contributed by atoms with Crippen molar-refractivity contribution in [2.75, 3.05) is 7.05 Å². The number of amides is 1. The Morgan fingerprint density at radius 3 is 2.76 bits per heavy atom. The molecule has 21 heavy (non-hydrogen) atoms. The molecule has 0 aromatic carbocycles. The smallest absolute Gasteiger partial charge is 0.246 e. The van der Waals surface area contributed by atoms with Crippen LogP contribution in [0.25, 0.3) is 6.08 Å². The molecule has 1 amide bonds. The largest absolute Gasteiger partial charge is 0.336 e. The number of carbonyl (C=O) groups is 1. The summed E-state index contributed by atoms with van der Waals surface area (Å²) in [4.78, 5) is 13.7. The number of hydrogen-bond acceptors (Lipinski definition) is 3. The molecule has 2 aromatic rings. The first-order chi connectivity index (χ1) is 10.0. The molecule has 0 saturated carbocycles. The quantitative estimate of drug-likeness (QED) is 0.794. The highest BCUT2D eigenvalue weighted by molar-refractivity contribution is 6.31. The Morgan fingerprint density at radius 1 is 1.43 bits per heavy atom. The normalized spacial score (nSPS) is 11.2. The number of aromatic nitrogens is 4. The van der Waals surface area contributed by atoms with Gasteiger partial charge in [0.1, 0.15) is 0 Å². The summed E-state index contributed by atoms with van der Waals surface area (Å²) in [5.41, 5.74) is 1.71. The Kier molecular flexibility index (Phi) is 4.80.